The molecule has 82 valence electrons. The Hall–Kier alpha value is -1.14. The van der Waals surface area contributed by atoms with E-state index in [0.717, 1.165) is 0 Å². The van der Waals surface area contributed by atoms with Gasteiger partial charge in [-0.3, -0.25) is 9.59 Å². The maximum absolute atomic E-state index is 11.1. The number of carbonyl (C=O) groups is 2. The number of methoxy groups -OCH3 is 2. The third-order valence-corrected chi connectivity index (χ3v) is 1.73. The Balaban J connectivity index is 3.89. The van der Waals surface area contributed by atoms with Gasteiger partial charge in [-0.25, -0.2) is 0 Å². The molecule has 0 aromatic carbocycles. The lowest BCUT2D eigenvalue weighted by molar-refractivity contribution is -0.147. The molecule has 0 aliphatic heterocycles. The SMILES string of the molecule is COC(CNC(=O)C(C)C(=O)O)OC. The van der Waals surface area contributed by atoms with Gasteiger partial charge in [0.05, 0.1) is 6.54 Å². The van der Waals surface area contributed by atoms with Gasteiger partial charge in [0.1, 0.15) is 5.92 Å². The van der Waals surface area contributed by atoms with E-state index in [1.807, 2.05) is 0 Å². The molecule has 0 aliphatic rings. The second-order valence-electron chi connectivity index (χ2n) is 2.71. The highest BCUT2D eigenvalue weighted by molar-refractivity contribution is 5.96. The molecule has 1 amide bonds. The molecule has 0 rings (SSSR count). The molecule has 0 heterocycles. The molecule has 0 aliphatic carbocycles. The van der Waals surface area contributed by atoms with Crippen molar-refractivity contribution in [2.75, 3.05) is 20.8 Å². The molecule has 1 atom stereocenters. The highest BCUT2D eigenvalue weighted by Gasteiger charge is 2.20. The number of ether oxygens (including phenoxy) is 2. The molecule has 0 saturated heterocycles. The molecule has 0 aromatic heterocycles. The topological polar surface area (TPSA) is 84.9 Å². The van der Waals surface area contributed by atoms with E-state index in [4.69, 9.17) is 14.6 Å². The number of nitrogens with one attached hydrogen (secondary N) is 1. The van der Waals surface area contributed by atoms with Crippen LogP contribution in [0.3, 0.4) is 0 Å². The van der Waals surface area contributed by atoms with Crippen molar-refractivity contribution in [2.45, 2.75) is 13.2 Å². The van der Waals surface area contributed by atoms with E-state index in [9.17, 15) is 9.59 Å². The second-order valence-corrected chi connectivity index (χ2v) is 2.71. The molecule has 14 heavy (non-hydrogen) atoms. The summed E-state index contributed by atoms with van der Waals surface area (Å²) in [6.07, 6.45) is -0.556. The molecule has 0 saturated carbocycles. The largest absolute Gasteiger partial charge is 0.481 e. The molecule has 6 heteroatoms. The summed E-state index contributed by atoms with van der Waals surface area (Å²) in [5.74, 6) is -2.78. The summed E-state index contributed by atoms with van der Waals surface area (Å²) >= 11 is 0. The molecular weight excluding hydrogens is 190 g/mol. The van der Waals surface area contributed by atoms with Gasteiger partial charge < -0.3 is 19.9 Å². The van der Waals surface area contributed by atoms with Gasteiger partial charge in [0.2, 0.25) is 5.91 Å². The van der Waals surface area contributed by atoms with E-state index < -0.39 is 24.1 Å². The number of hydrogen-bond acceptors (Lipinski definition) is 4. The minimum absolute atomic E-state index is 0.128. The second kappa shape index (κ2) is 6.33. The zero-order valence-corrected chi connectivity index (χ0v) is 8.44. The number of aliphatic carboxylic acids is 1. The summed E-state index contributed by atoms with van der Waals surface area (Å²) < 4.78 is 9.61. The van der Waals surface area contributed by atoms with Crippen molar-refractivity contribution in [3.05, 3.63) is 0 Å². The van der Waals surface area contributed by atoms with Crippen molar-refractivity contribution in [1.82, 2.24) is 5.32 Å². The summed E-state index contributed by atoms with van der Waals surface area (Å²) in [6.45, 7) is 1.44. The van der Waals surface area contributed by atoms with Crippen LogP contribution < -0.4 is 5.32 Å². The minimum Gasteiger partial charge on any atom is -0.481 e. The van der Waals surface area contributed by atoms with E-state index in [0.29, 0.717) is 0 Å². The third kappa shape index (κ3) is 4.20. The summed E-state index contributed by atoms with van der Waals surface area (Å²) in [6, 6.07) is 0. The van der Waals surface area contributed by atoms with Crippen molar-refractivity contribution in [1.29, 1.82) is 0 Å². The highest BCUT2D eigenvalue weighted by atomic mass is 16.7. The fourth-order valence-electron chi connectivity index (χ4n) is 0.712. The van der Waals surface area contributed by atoms with Gasteiger partial charge in [-0.2, -0.15) is 0 Å². The Bertz CT molecular complexity index is 202. The van der Waals surface area contributed by atoms with E-state index >= 15 is 0 Å². The maximum atomic E-state index is 11.1. The fourth-order valence-corrected chi connectivity index (χ4v) is 0.712. The first-order chi connectivity index (χ1) is 6.52. The van der Waals surface area contributed by atoms with Crippen LogP contribution in [-0.2, 0) is 19.1 Å². The van der Waals surface area contributed by atoms with Crippen molar-refractivity contribution in [3.63, 3.8) is 0 Å². The lowest BCUT2D eigenvalue weighted by Crippen LogP contribution is -2.39. The molecule has 0 aromatic rings. The smallest absolute Gasteiger partial charge is 0.315 e. The summed E-state index contributed by atoms with van der Waals surface area (Å²) in [7, 11) is 2.86. The molecule has 0 bridgehead atoms. The molecule has 2 N–H and O–H groups in total. The minimum atomic E-state index is -1.16. The number of carboxylic acid groups (broad SMARTS) is 1. The van der Waals surface area contributed by atoms with Crippen LogP contribution >= 0.6 is 0 Å². The van der Waals surface area contributed by atoms with Gasteiger partial charge in [0.25, 0.3) is 0 Å². The summed E-state index contributed by atoms with van der Waals surface area (Å²) in [5.41, 5.74) is 0. The third-order valence-electron chi connectivity index (χ3n) is 1.73. The first-order valence-electron chi connectivity index (χ1n) is 4.09. The number of amides is 1. The maximum Gasteiger partial charge on any atom is 0.315 e. The van der Waals surface area contributed by atoms with Crippen LogP contribution in [0.5, 0.6) is 0 Å². The first-order valence-corrected chi connectivity index (χ1v) is 4.09. The number of carboxylic acids is 1. The Kier molecular flexibility index (Phi) is 5.82. The van der Waals surface area contributed by atoms with Crippen molar-refractivity contribution in [2.24, 2.45) is 5.92 Å². The average molecular weight is 205 g/mol. The lowest BCUT2D eigenvalue weighted by atomic mass is 10.2. The molecule has 6 nitrogen and oxygen atoms in total. The Morgan fingerprint density at radius 3 is 2.21 bits per heavy atom. The monoisotopic (exact) mass is 205 g/mol. The van der Waals surface area contributed by atoms with Gasteiger partial charge in [-0.15, -0.1) is 0 Å². The van der Waals surface area contributed by atoms with Crippen LogP contribution in [0.15, 0.2) is 0 Å². The fraction of sp³-hybridized carbons (Fsp3) is 0.750. The van der Waals surface area contributed by atoms with E-state index in [2.05, 4.69) is 5.32 Å². The van der Waals surface area contributed by atoms with E-state index in [1.54, 1.807) is 0 Å². The van der Waals surface area contributed by atoms with Crippen LogP contribution in [-0.4, -0.2) is 44.0 Å². The Morgan fingerprint density at radius 2 is 1.86 bits per heavy atom. The van der Waals surface area contributed by atoms with Gasteiger partial charge in [0.15, 0.2) is 6.29 Å². The quantitative estimate of drug-likeness (QED) is 0.448. The number of carbonyl (C=O) groups excluding carboxylic acids is 1. The van der Waals surface area contributed by atoms with Gasteiger partial charge >= 0.3 is 5.97 Å². The van der Waals surface area contributed by atoms with E-state index in [1.165, 1.54) is 21.1 Å². The molecule has 0 fully saturated rings. The van der Waals surface area contributed by atoms with Gasteiger partial charge in [-0.1, -0.05) is 0 Å². The standard InChI is InChI=1S/C8H15NO5/c1-5(8(11)12)7(10)9-4-6(13-2)14-3/h5-6H,4H2,1-3H3,(H,9,10)(H,11,12). The predicted molar refractivity (Wildman–Crippen MR) is 47.6 cm³/mol. The molecule has 0 radical (unpaired) electrons. The average Bonchev–Trinajstić information content (AvgIpc) is 2.17. The summed E-state index contributed by atoms with van der Waals surface area (Å²) in [4.78, 5) is 21.5. The first kappa shape index (κ1) is 12.9. The van der Waals surface area contributed by atoms with Gasteiger partial charge in [-0.05, 0) is 6.92 Å². The normalized spacial score (nSPS) is 12.6. The zero-order valence-electron chi connectivity index (χ0n) is 8.44. The van der Waals surface area contributed by atoms with Crippen LogP contribution in [0.25, 0.3) is 0 Å². The Morgan fingerprint density at radius 1 is 1.36 bits per heavy atom. The summed E-state index contributed by atoms with van der Waals surface area (Å²) in [5, 5.41) is 10.9. The molecule has 0 spiro atoms. The van der Waals surface area contributed by atoms with Crippen molar-refractivity contribution < 1.29 is 24.2 Å². The van der Waals surface area contributed by atoms with Crippen molar-refractivity contribution >= 4 is 11.9 Å². The van der Waals surface area contributed by atoms with E-state index in [-0.39, 0.29) is 6.54 Å². The zero-order chi connectivity index (χ0) is 11.1. The predicted octanol–water partition coefficient (Wildman–Crippen LogP) is -0.558. The van der Waals surface area contributed by atoms with Crippen LogP contribution in [0.2, 0.25) is 0 Å². The number of hydrogen-bond donors (Lipinski definition) is 2. The lowest BCUT2D eigenvalue weighted by Gasteiger charge is -2.14. The van der Waals surface area contributed by atoms with Crippen LogP contribution in [0.4, 0.5) is 0 Å². The van der Waals surface area contributed by atoms with Gasteiger partial charge in [0, 0.05) is 14.2 Å². The Labute approximate surface area is 82.2 Å². The number of rotatable bonds is 6. The molecular formula is C8H15NO5. The van der Waals surface area contributed by atoms with Crippen molar-refractivity contribution in [3.8, 4) is 0 Å². The van der Waals surface area contributed by atoms with Crippen LogP contribution in [0, 0.1) is 5.92 Å². The molecule has 1 unspecified atom stereocenters. The highest BCUT2D eigenvalue weighted by Crippen LogP contribution is 1.95. The van der Waals surface area contributed by atoms with Crippen LogP contribution in [0.1, 0.15) is 6.92 Å².